The molecule has 1 aliphatic heterocycles. The second-order valence-electron chi connectivity index (χ2n) is 3.58. The molecular formula is C10H11BrF2N2. The van der Waals surface area contributed by atoms with Gasteiger partial charge in [0.1, 0.15) is 0 Å². The smallest absolute Gasteiger partial charge is 0.250 e. The summed E-state index contributed by atoms with van der Waals surface area (Å²) in [5, 5.41) is 0. The first-order chi connectivity index (χ1) is 7.07. The lowest BCUT2D eigenvalue weighted by Crippen LogP contribution is -2.40. The van der Waals surface area contributed by atoms with Gasteiger partial charge >= 0.3 is 4.83 Å². The SMILES string of the molecule is FC(F)(Br)C1CC(c2ccccc2)NN1. The standard InChI is InChI=1S/C10H11BrF2N2/c11-10(12,13)9-6-8(14-15-9)7-4-2-1-3-5-7/h1-5,8-9,14-15H,6H2. The summed E-state index contributed by atoms with van der Waals surface area (Å²) in [6.07, 6.45) is 0.363. The van der Waals surface area contributed by atoms with Crippen LogP contribution in [0.25, 0.3) is 0 Å². The van der Waals surface area contributed by atoms with Crippen LogP contribution in [0.1, 0.15) is 18.0 Å². The van der Waals surface area contributed by atoms with Crippen molar-refractivity contribution in [2.75, 3.05) is 0 Å². The Morgan fingerprint density at radius 2 is 1.87 bits per heavy atom. The molecule has 2 nitrogen and oxygen atoms in total. The Bertz CT molecular complexity index is 326. The quantitative estimate of drug-likeness (QED) is 0.812. The van der Waals surface area contributed by atoms with Crippen LogP contribution in [0.4, 0.5) is 8.78 Å². The van der Waals surface area contributed by atoms with Crippen molar-refractivity contribution in [1.82, 2.24) is 10.9 Å². The van der Waals surface area contributed by atoms with Gasteiger partial charge < -0.3 is 0 Å². The van der Waals surface area contributed by atoms with Crippen molar-refractivity contribution in [3.05, 3.63) is 35.9 Å². The molecule has 2 atom stereocenters. The van der Waals surface area contributed by atoms with E-state index >= 15 is 0 Å². The van der Waals surface area contributed by atoms with Crippen LogP contribution in [0.3, 0.4) is 0 Å². The molecule has 2 unspecified atom stereocenters. The Morgan fingerprint density at radius 3 is 2.40 bits per heavy atom. The highest BCUT2D eigenvalue weighted by Gasteiger charge is 2.41. The van der Waals surface area contributed by atoms with E-state index in [9.17, 15) is 8.78 Å². The predicted molar refractivity (Wildman–Crippen MR) is 57.7 cm³/mol. The molecule has 5 heteroatoms. The fourth-order valence-electron chi connectivity index (χ4n) is 1.67. The van der Waals surface area contributed by atoms with Crippen LogP contribution in [-0.2, 0) is 0 Å². The van der Waals surface area contributed by atoms with Crippen molar-refractivity contribution in [3.63, 3.8) is 0 Å². The maximum absolute atomic E-state index is 12.9. The lowest BCUT2D eigenvalue weighted by atomic mass is 10.0. The van der Waals surface area contributed by atoms with Gasteiger partial charge in [0.15, 0.2) is 0 Å². The van der Waals surface area contributed by atoms with Gasteiger partial charge in [-0.1, -0.05) is 30.3 Å². The Morgan fingerprint density at radius 1 is 1.20 bits per heavy atom. The second kappa shape index (κ2) is 4.15. The van der Waals surface area contributed by atoms with Crippen molar-refractivity contribution in [2.24, 2.45) is 0 Å². The van der Waals surface area contributed by atoms with Crippen LogP contribution in [0, 0.1) is 0 Å². The average molecular weight is 277 g/mol. The molecule has 15 heavy (non-hydrogen) atoms. The second-order valence-corrected chi connectivity index (χ2v) is 4.64. The summed E-state index contributed by atoms with van der Waals surface area (Å²) in [4.78, 5) is -2.87. The largest absolute Gasteiger partial charge is 0.317 e. The Hall–Kier alpha value is -0.520. The monoisotopic (exact) mass is 276 g/mol. The highest BCUT2D eigenvalue weighted by Crippen LogP contribution is 2.34. The molecule has 0 amide bonds. The predicted octanol–water partition coefficient (Wildman–Crippen LogP) is 2.58. The molecule has 0 spiro atoms. The molecule has 2 N–H and O–H groups in total. The zero-order valence-corrected chi connectivity index (χ0v) is 9.47. The van der Waals surface area contributed by atoms with E-state index in [1.165, 1.54) is 0 Å². The van der Waals surface area contributed by atoms with Gasteiger partial charge in [-0.2, -0.15) is 8.78 Å². The molecule has 2 rings (SSSR count). The minimum atomic E-state index is -2.87. The van der Waals surface area contributed by atoms with Crippen LogP contribution in [0.15, 0.2) is 30.3 Å². The average Bonchev–Trinajstić information content (AvgIpc) is 2.67. The van der Waals surface area contributed by atoms with E-state index in [0.29, 0.717) is 6.42 Å². The van der Waals surface area contributed by atoms with Crippen molar-refractivity contribution >= 4 is 15.9 Å². The molecule has 1 aliphatic rings. The number of hydrazine groups is 1. The van der Waals surface area contributed by atoms with Crippen molar-refractivity contribution in [3.8, 4) is 0 Å². The van der Waals surface area contributed by atoms with Gasteiger partial charge in [-0.15, -0.1) is 0 Å². The third-order valence-electron chi connectivity index (χ3n) is 2.50. The number of benzene rings is 1. The number of hydrogen-bond acceptors (Lipinski definition) is 2. The zero-order valence-electron chi connectivity index (χ0n) is 7.88. The van der Waals surface area contributed by atoms with E-state index in [1.807, 2.05) is 30.3 Å². The topological polar surface area (TPSA) is 24.1 Å². The highest BCUT2D eigenvalue weighted by atomic mass is 79.9. The van der Waals surface area contributed by atoms with Gasteiger partial charge in [0, 0.05) is 6.04 Å². The third kappa shape index (κ3) is 2.53. The molecule has 0 radical (unpaired) electrons. The number of rotatable bonds is 2. The summed E-state index contributed by atoms with van der Waals surface area (Å²) < 4.78 is 25.9. The minimum Gasteiger partial charge on any atom is -0.250 e. The van der Waals surface area contributed by atoms with Gasteiger partial charge in [-0.05, 0) is 27.9 Å². The van der Waals surface area contributed by atoms with Crippen LogP contribution in [-0.4, -0.2) is 10.9 Å². The molecule has 82 valence electrons. The van der Waals surface area contributed by atoms with E-state index in [-0.39, 0.29) is 6.04 Å². The highest BCUT2D eigenvalue weighted by molar-refractivity contribution is 9.10. The van der Waals surface area contributed by atoms with Crippen molar-refractivity contribution in [1.29, 1.82) is 0 Å². The van der Waals surface area contributed by atoms with E-state index in [4.69, 9.17) is 0 Å². The molecule has 1 heterocycles. The van der Waals surface area contributed by atoms with Crippen molar-refractivity contribution in [2.45, 2.75) is 23.3 Å². The Kier molecular flexibility index (Phi) is 3.04. The fraction of sp³-hybridized carbons (Fsp3) is 0.400. The normalized spacial score (nSPS) is 26.9. The molecule has 1 fully saturated rings. The Balaban J connectivity index is 2.05. The van der Waals surface area contributed by atoms with E-state index < -0.39 is 10.9 Å². The first-order valence-electron chi connectivity index (χ1n) is 4.70. The molecule has 0 saturated carbocycles. The number of halogens is 3. The van der Waals surface area contributed by atoms with Gasteiger partial charge in [0.2, 0.25) is 0 Å². The van der Waals surface area contributed by atoms with E-state index in [1.54, 1.807) is 0 Å². The van der Waals surface area contributed by atoms with Gasteiger partial charge in [0.05, 0.1) is 6.04 Å². The lowest BCUT2D eigenvalue weighted by Gasteiger charge is -2.15. The van der Waals surface area contributed by atoms with Crippen LogP contribution < -0.4 is 10.9 Å². The summed E-state index contributed by atoms with van der Waals surface area (Å²) in [5.41, 5.74) is 6.49. The van der Waals surface area contributed by atoms with E-state index in [2.05, 4.69) is 26.8 Å². The zero-order chi connectivity index (χ0) is 10.9. The number of hydrogen-bond donors (Lipinski definition) is 2. The van der Waals surface area contributed by atoms with E-state index in [0.717, 1.165) is 5.56 Å². The fourth-order valence-corrected chi connectivity index (χ4v) is 1.98. The molecule has 1 aromatic rings. The maximum atomic E-state index is 12.9. The summed E-state index contributed by atoms with van der Waals surface area (Å²) in [6, 6.07) is 8.63. The number of nitrogens with one attached hydrogen (secondary N) is 2. The first-order valence-corrected chi connectivity index (χ1v) is 5.49. The first kappa shape index (κ1) is 11.0. The Labute approximate surface area is 95.2 Å². The molecule has 1 aromatic carbocycles. The summed E-state index contributed by atoms with van der Waals surface area (Å²) in [7, 11) is 0. The van der Waals surface area contributed by atoms with Crippen LogP contribution >= 0.6 is 15.9 Å². The molecule has 0 aromatic heterocycles. The number of alkyl halides is 3. The molecule has 0 bridgehead atoms. The van der Waals surface area contributed by atoms with Gasteiger partial charge in [-0.3, -0.25) is 0 Å². The third-order valence-corrected chi connectivity index (χ3v) is 3.05. The summed E-state index contributed by atoms with van der Waals surface area (Å²) >= 11 is 2.37. The van der Waals surface area contributed by atoms with Gasteiger partial charge in [-0.25, -0.2) is 10.9 Å². The van der Waals surface area contributed by atoms with Crippen LogP contribution in [0.5, 0.6) is 0 Å². The summed E-state index contributed by atoms with van der Waals surface area (Å²) in [6.45, 7) is 0. The molecular weight excluding hydrogens is 266 g/mol. The maximum Gasteiger partial charge on any atom is 0.317 e. The molecule has 0 aliphatic carbocycles. The summed E-state index contributed by atoms with van der Waals surface area (Å²) in [5.74, 6) is 0. The molecule has 1 saturated heterocycles. The van der Waals surface area contributed by atoms with Crippen LogP contribution in [0.2, 0.25) is 0 Å². The minimum absolute atomic E-state index is 0.0559. The van der Waals surface area contributed by atoms with Gasteiger partial charge in [0.25, 0.3) is 0 Å². The lowest BCUT2D eigenvalue weighted by molar-refractivity contribution is 0.0727. The van der Waals surface area contributed by atoms with Crippen molar-refractivity contribution < 1.29 is 8.78 Å².